The van der Waals surface area contributed by atoms with E-state index in [0.29, 0.717) is 0 Å². The molecule has 0 radical (unpaired) electrons. The van der Waals surface area contributed by atoms with Crippen molar-refractivity contribution in [3.63, 3.8) is 0 Å². The molecule has 36 valence electrons. The summed E-state index contributed by atoms with van der Waals surface area (Å²) in [5, 5.41) is 18.8. The summed E-state index contributed by atoms with van der Waals surface area (Å²) >= 11 is 0. The maximum absolute atomic E-state index is 6.25. The van der Waals surface area contributed by atoms with Crippen molar-refractivity contribution in [1.82, 2.24) is 0 Å². The van der Waals surface area contributed by atoms with E-state index in [2.05, 4.69) is 0 Å². The smallest absolute Gasteiger partial charge is 0.512 e. The average molecular weight is 141 g/mol. The van der Waals surface area contributed by atoms with Gasteiger partial charge in [0.1, 0.15) is 0 Å². The first-order chi connectivity index (χ1) is 3.00. The van der Waals surface area contributed by atoms with Gasteiger partial charge in [0.15, 0.2) is 0 Å². The van der Waals surface area contributed by atoms with Gasteiger partial charge in [-0.25, -0.2) is 0 Å². The van der Waals surface area contributed by atoms with Gasteiger partial charge in [0.2, 0.25) is 0 Å². The molecular weight excluding hydrogens is 141 g/mol. The largest absolute Gasteiger partial charge is 2.00 e. The first-order valence-electron chi connectivity index (χ1n) is 0.671. The fourth-order valence-electron chi connectivity index (χ4n) is 0. The molecule has 0 rings (SSSR count). The van der Waals surface area contributed by atoms with Crippen LogP contribution in [0.1, 0.15) is 0 Å². The predicted molar refractivity (Wildman–Crippen MR) is 14.9 cm³/mol. The zero-order valence-corrected chi connectivity index (χ0v) is 5.30. The molecule has 0 unspecified atom stereocenters. The van der Waals surface area contributed by atoms with Crippen molar-refractivity contribution < 1.29 is 35.9 Å². The van der Waals surface area contributed by atoms with Gasteiger partial charge in [-0.15, -0.1) is 0 Å². The van der Waals surface area contributed by atoms with Gasteiger partial charge in [-0.05, 0) is 0 Å². The Kier molecular flexibility index (Phi) is 7410. The Bertz CT molecular complexity index is 43.0. The van der Waals surface area contributed by atoms with E-state index in [1.54, 1.807) is 0 Å². The Morgan fingerprint density at radius 3 is 0.625 bits per heavy atom. The topological polar surface area (TPSA) is 71.4 Å². The Morgan fingerprint density at radius 1 is 0.625 bits per heavy atom. The molecule has 5 heteroatoms. The van der Waals surface area contributed by atoms with Crippen LogP contribution in [0.15, 0.2) is 0 Å². The summed E-state index contributed by atoms with van der Waals surface area (Å²) in [7, 11) is 0. The maximum atomic E-state index is 6.25. The van der Waals surface area contributed by atoms with E-state index in [9.17, 15) is 0 Å². The zero-order chi connectivity index (χ0) is 6.00. The second-order valence-electron chi connectivity index (χ2n) is 0. The van der Waals surface area contributed by atoms with Crippen molar-refractivity contribution in [1.29, 1.82) is 15.8 Å². The third-order valence-corrected chi connectivity index (χ3v) is 0. The van der Waals surface area contributed by atoms with Gasteiger partial charge in [0.25, 0.3) is 0 Å². The normalized spacial score (nSPS) is 0.750. The molecule has 0 aromatic carbocycles. The van der Waals surface area contributed by atoms with Crippen LogP contribution in [0.5, 0.6) is 0 Å². The summed E-state index contributed by atoms with van der Waals surface area (Å²) in [5.41, 5.74) is 0. The van der Waals surface area contributed by atoms with Crippen LogP contribution in [0.2, 0.25) is 0 Å². The molecule has 0 N–H and O–H groups in total. The molecule has 0 aromatic rings. The number of rotatable bonds is 0. The first-order valence-corrected chi connectivity index (χ1v) is 0.671. The Hall–Kier alpha value is -0.413. The molecular formula is C3FeLiN3. The van der Waals surface area contributed by atoms with E-state index in [4.69, 9.17) is 35.5 Å². The molecule has 0 aliphatic heterocycles. The van der Waals surface area contributed by atoms with Gasteiger partial charge in [-0.2, -0.15) is 0 Å². The fraction of sp³-hybridized carbons (Fsp3) is 0. The minimum Gasteiger partial charge on any atom is -0.512 e. The van der Waals surface area contributed by atoms with Crippen LogP contribution in [0.4, 0.5) is 0 Å². The molecule has 0 bridgehead atoms. The van der Waals surface area contributed by atoms with Crippen LogP contribution < -0.4 is 18.9 Å². The van der Waals surface area contributed by atoms with E-state index >= 15 is 0 Å². The Morgan fingerprint density at radius 2 is 0.625 bits per heavy atom. The van der Waals surface area contributed by atoms with Crippen molar-refractivity contribution in [2.24, 2.45) is 0 Å². The molecule has 0 amide bonds. The van der Waals surface area contributed by atoms with Crippen LogP contribution in [-0.4, -0.2) is 0 Å². The van der Waals surface area contributed by atoms with Crippen molar-refractivity contribution in [2.75, 3.05) is 0 Å². The van der Waals surface area contributed by atoms with Crippen LogP contribution in [-0.2, 0) is 17.1 Å². The van der Waals surface area contributed by atoms with Crippen LogP contribution in [0.25, 0.3) is 0 Å². The molecule has 0 aliphatic rings. The number of hydrogen-bond donors (Lipinski definition) is 0. The second-order valence-corrected chi connectivity index (χ2v) is 0. The van der Waals surface area contributed by atoms with Gasteiger partial charge in [0, 0.05) is 0 Å². The Balaban J connectivity index is -0.00000000500. The minimum atomic E-state index is 0. The van der Waals surface area contributed by atoms with E-state index in [0.717, 1.165) is 0 Å². The maximum Gasteiger partial charge on any atom is 2.00 e. The molecule has 0 atom stereocenters. The molecule has 8 heavy (non-hydrogen) atoms. The Labute approximate surface area is 71.6 Å². The van der Waals surface area contributed by atoms with E-state index < -0.39 is 0 Å². The van der Waals surface area contributed by atoms with Gasteiger partial charge < -0.3 is 35.5 Å². The molecule has 0 aliphatic carbocycles. The number of nitrogens with zero attached hydrogens (tertiary/aromatic N) is 3. The van der Waals surface area contributed by atoms with E-state index in [-0.39, 0.29) is 35.9 Å². The predicted octanol–water partition coefficient (Wildman–Crippen LogP) is -2.71. The standard InChI is InChI=1S/3CN.Fe.Li/c3*1-2;;/q3*-1;+2;+1. The van der Waals surface area contributed by atoms with Crippen molar-refractivity contribution in [3.8, 4) is 0 Å². The SMILES string of the molecule is [C-]#N.[C-]#N.[C-]#N.[Fe+2].[Li+]. The molecule has 0 saturated heterocycles. The van der Waals surface area contributed by atoms with E-state index in [1.807, 2.05) is 0 Å². The third kappa shape index (κ3) is 689. The summed E-state index contributed by atoms with van der Waals surface area (Å²) in [4.78, 5) is 0. The second kappa shape index (κ2) is 1200. The number of hydrogen-bond acceptors (Lipinski definition) is 3. The van der Waals surface area contributed by atoms with Crippen molar-refractivity contribution >= 4 is 0 Å². The van der Waals surface area contributed by atoms with Gasteiger partial charge in [-0.1, -0.05) is 0 Å². The zero-order valence-electron chi connectivity index (χ0n) is 4.20. The summed E-state index contributed by atoms with van der Waals surface area (Å²) in [6, 6.07) is 0. The summed E-state index contributed by atoms with van der Waals surface area (Å²) < 4.78 is 0. The summed E-state index contributed by atoms with van der Waals surface area (Å²) in [5.74, 6) is 0. The van der Waals surface area contributed by atoms with E-state index in [1.165, 1.54) is 0 Å². The molecule has 0 saturated carbocycles. The molecule has 0 heterocycles. The van der Waals surface area contributed by atoms with Crippen LogP contribution >= 0.6 is 0 Å². The van der Waals surface area contributed by atoms with Crippen LogP contribution in [0.3, 0.4) is 0 Å². The first kappa shape index (κ1) is 49.2. The molecule has 0 fully saturated rings. The van der Waals surface area contributed by atoms with Gasteiger partial charge >= 0.3 is 35.9 Å². The van der Waals surface area contributed by atoms with Gasteiger partial charge in [-0.3, -0.25) is 0 Å². The molecule has 0 aromatic heterocycles. The average Bonchev–Trinajstić information content (AvgIpc) is 1.81. The monoisotopic (exact) mass is 141 g/mol. The van der Waals surface area contributed by atoms with Crippen LogP contribution in [0, 0.1) is 35.5 Å². The fourth-order valence-corrected chi connectivity index (χ4v) is 0. The van der Waals surface area contributed by atoms with Crippen molar-refractivity contribution in [2.45, 2.75) is 0 Å². The third-order valence-electron chi connectivity index (χ3n) is 0. The minimum absolute atomic E-state index is 0. The summed E-state index contributed by atoms with van der Waals surface area (Å²) in [6.07, 6.45) is 0. The van der Waals surface area contributed by atoms with Crippen molar-refractivity contribution in [3.05, 3.63) is 19.7 Å². The summed E-state index contributed by atoms with van der Waals surface area (Å²) in [6.45, 7) is 14.2. The van der Waals surface area contributed by atoms with Gasteiger partial charge in [0.05, 0.1) is 0 Å². The molecule has 3 nitrogen and oxygen atoms in total. The quantitative estimate of drug-likeness (QED) is 0.272. The molecule has 0 spiro atoms.